The Labute approximate surface area is 132 Å². The lowest BCUT2D eigenvalue weighted by Crippen LogP contribution is -2.43. The predicted molar refractivity (Wildman–Crippen MR) is 89.5 cm³/mol. The van der Waals surface area contributed by atoms with Crippen LogP contribution >= 0.6 is 23.4 Å². The number of nitrogens with zero attached hydrogens (tertiary/aromatic N) is 1. The predicted octanol–water partition coefficient (Wildman–Crippen LogP) is 2.51. The van der Waals surface area contributed by atoms with Crippen LogP contribution in [0.4, 0.5) is 0 Å². The summed E-state index contributed by atoms with van der Waals surface area (Å²) in [6, 6.07) is 16.1. The molecule has 0 aliphatic heterocycles. The van der Waals surface area contributed by atoms with E-state index in [4.69, 9.17) is 22.7 Å². The number of halogens is 1. The quantitative estimate of drug-likeness (QED) is 0.443. The highest BCUT2D eigenvalue weighted by molar-refractivity contribution is 8.13. The molecule has 106 valence electrons. The van der Waals surface area contributed by atoms with E-state index in [-0.39, 0.29) is 0 Å². The highest BCUT2D eigenvalue weighted by atomic mass is 35.5. The lowest BCUT2D eigenvalue weighted by atomic mass is 10.2. The maximum absolute atomic E-state index is 6.25. The fraction of sp³-hybridized carbons (Fsp3) is 0.0625. The molecule has 0 unspecified atom stereocenters. The third-order valence-corrected chi connectivity index (χ3v) is 4.43. The lowest BCUT2D eigenvalue weighted by Gasteiger charge is -2.07. The van der Waals surface area contributed by atoms with E-state index >= 15 is 0 Å². The van der Waals surface area contributed by atoms with Gasteiger partial charge in [-0.1, -0.05) is 48.0 Å². The van der Waals surface area contributed by atoms with Crippen LogP contribution in [0.3, 0.4) is 0 Å². The summed E-state index contributed by atoms with van der Waals surface area (Å²) >= 11 is 7.64. The molecule has 0 bridgehead atoms. The van der Waals surface area contributed by atoms with Gasteiger partial charge in [0, 0.05) is 33.6 Å². The van der Waals surface area contributed by atoms with Gasteiger partial charge in [-0.2, -0.15) is 0 Å². The van der Waals surface area contributed by atoms with Gasteiger partial charge >= 0.3 is 5.17 Å². The van der Waals surface area contributed by atoms with Gasteiger partial charge in [-0.05, 0) is 29.5 Å². The highest BCUT2D eigenvalue weighted by Crippen LogP contribution is 2.30. The molecule has 4 N–H and O–H groups in total. The number of amidine groups is 1. The molecule has 0 saturated carbocycles. The first kappa shape index (κ1) is 14.0. The van der Waals surface area contributed by atoms with E-state index in [1.165, 1.54) is 11.8 Å². The number of hydrogen-bond acceptors (Lipinski definition) is 1. The van der Waals surface area contributed by atoms with Crippen molar-refractivity contribution >= 4 is 39.4 Å². The molecule has 21 heavy (non-hydrogen) atoms. The molecule has 3 rings (SSSR count). The van der Waals surface area contributed by atoms with Crippen molar-refractivity contribution in [2.75, 3.05) is 0 Å². The summed E-state index contributed by atoms with van der Waals surface area (Å²) in [4.78, 5) is 1.05. The Morgan fingerprint density at radius 1 is 1.14 bits per heavy atom. The Bertz CT molecular complexity index is 810. The number of thioether (sulfide) groups is 1. The Morgan fingerprint density at radius 3 is 2.62 bits per heavy atom. The van der Waals surface area contributed by atoms with Gasteiger partial charge in [-0.3, -0.25) is 11.1 Å². The average Bonchev–Trinajstić information content (AvgIpc) is 2.79. The second kappa shape index (κ2) is 5.84. The smallest absolute Gasteiger partial charge is 0.304 e. The van der Waals surface area contributed by atoms with Crippen molar-refractivity contribution < 1.29 is 5.41 Å². The van der Waals surface area contributed by atoms with Crippen molar-refractivity contribution in [3.8, 4) is 0 Å². The van der Waals surface area contributed by atoms with E-state index in [2.05, 4.69) is 22.9 Å². The van der Waals surface area contributed by atoms with Gasteiger partial charge in [-0.25, -0.2) is 0 Å². The van der Waals surface area contributed by atoms with Crippen molar-refractivity contribution in [3.05, 3.63) is 65.3 Å². The maximum Gasteiger partial charge on any atom is 0.304 e. The van der Waals surface area contributed by atoms with E-state index in [1.807, 2.05) is 36.4 Å². The molecule has 0 spiro atoms. The van der Waals surface area contributed by atoms with Gasteiger partial charge in [0.25, 0.3) is 0 Å². The Morgan fingerprint density at radius 2 is 1.86 bits per heavy atom. The molecule has 3 nitrogen and oxygen atoms in total. The van der Waals surface area contributed by atoms with Gasteiger partial charge in [0.05, 0.1) is 0 Å². The van der Waals surface area contributed by atoms with E-state index in [1.54, 1.807) is 0 Å². The zero-order valence-electron chi connectivity index (χ0n) is 11.3. The number of nitrogens with two attached hydrogens (primary N) is 2. The van der Waals surface area contributed by atoms with E-state index in [0.717, 1.165) is 26.4 Å². The van der Waals surface area contributed by atoms with Crippen molar-refractivity contribution in [2.45, 2.75) is 11.4 Å². The van der Waals surface area contributed by atoms with Crippen LogP contribution in [0, 0.1) is 0 Å². The van der Waals surface area contributed by atoms with Crippen molar-refractivity contribution in [1.82, 2.24) is 4.57 Å². The van der Waals surface area contributed by atoms with Gasteiger partial charge in [0.1, 0.15) is 0 Å². The largest absolute Gasteiger partial charge is 0.342 e. The zero-order valence-corrected chi connectivity index (χ0v) is 12.9. The highest BCUT2D eigenvalue weighted by Gasteiger charge is 2.12. The zero-order chi connectivity index (χ0) is 14.8. The summed E-state index contributed by atoms with van der Waals surface area (Å²) in [6.45, 7) is 0.714. The van der Waals surface area contributed by atoms with Crippen LogP contribution in [-0.4, -0.2) is 9.73 Å². The standard InChI is InChI=1S/C16H14ClN3S/c17-13-7-3-1-5-11(13)9-20-10-15(21-16(18)19)12-6-2-4-8-14(12)20/h1-8,10H,9H2,(H3,18,19)/p+1. The lowest BCUT2D eigenvalue weighted by molar-refractivity contribution is -0.110. The number of fused-ring (bicyclic) bond motifs is 1. The first-order valence-electron chi connectivity index (χ1n) is 6.52. The SMILES string of the molecule is NC(=[NH2+])Sc1cn(Cc2ccccc2Cl)c2ccccc12. The first-order chi connectivity index (χ1) is 10.1. The Hall–Kier alpha value is -1.91. The van der Waals surface area contributed by atoms with E-state index in [9.17, 15) is 0 Å². The molecule has 0 saturated heterocycles. The molecule has 0 aliphatic rings. The molecule has 0 aliphatic carbocycles. The van der Waals surface area contributed by atoms with E-state index < -0.39 is 0 Å². The molecule has 0 radical (unpaired) electrons. The summed E-state index contributed by atoms with van der Waals surface area (Å²) in [7, 11) is 0. The van der Waals surface area contributed by atoms with E-state index in [0.29, 0.717) is 11.7 Å². The topological polar surface area (TPSA) is 56.5 Å². The number of aromatic nitrogens is 1. The molecule has 1 heterocycles. The molecule has 0 atom stereocenters. The molecular formula is C16H15ClN3S+. The summed E-state index contributed by atoms with van der Waals surface area (Å²) in [5.74, 6) is 0. The summed E-state index contributed by atoms with van der Waals surface area (Å²) in [5.41, 5.74) is 7.85. The van der Waals surface area contributed by atoms with Crippen LogP contribution in [0.25, 0.3) is 10.9 Å². The van der Waals surface area contributed by atoms with Gasteiger partial charge in [-0.15, -0.1) is 0 Å². The fourth-order valence-electron chi connectivity index (χ4n) is 2.36. The molecule has 0 amide bonds. The molecule has 1 aromatic heterocycles. The van der Waals surface area contributed by atoms with Crippen LogP contribution in [0.15, 0.2) is 59.6 Å². The minimum atomic E-state index is 0.343. The summed E-state index contributed by atoms with van der Waals surface area (Å²) < 4.78 is 2.17. The van der Waals surface area contributed by atoms with Crippen molar-refractivity contribution in [2.24, 2.45) is 5.73 Å². The monoisotopic (exact) mass is 316 g/mol. The van der Waals surface area contributed by atoms with Crippen LogP contribution in [-0.2, 0) is 6.54 Å². The normalized spacial score (nSPS) is 10.9. The maximum atomic E-state index is 6.25. The third-order valence-electron chi connectivity index (χ3n) is 3.28. The van der Waals surface area contributed by atoms with Gasteiger partial charge in [0.15, 0.2) is 0 Å². The molecule has 5 heteroatoms. The number of para-hydroxylation sites is 1. The third kappa shape index (κ3) is 2.91. The number of rotatable bonds is 3. The van der Waals surface area contributed by atoms with Crippen LogP contribution in [0.2, 0.25) is 5.02 Å². The number of benzene rings is 2. The second-order valence-electron chi connectivity index (χ2n) is 4.73. The second-order valence-corrected chi connectivity index (χ2v) is 6.26. The average molecular weight is 317 g/mol. The minimum absolute atomic E-state index is 0.343. The Kier molecular flexibility index (Phi) is 3.90. The van der Waals surface area contributed by atoms with Gasteiger partial charge < -0.3 is 4.57 Å². The molecular weight excluding hydrogens is 302 g/mol. The Balaban J connectivity index is 2.06. The number of hydrogen-bond donors (Lipinski definition) is 2. The minimum Gasteiger partial charge on any atom is -0.342 e. The van der Waals surface area contributed by atoms with Crippen LogP contribution in [0.5, 0.6) is 0 Å². The summed E-state index contributed by atoms with van der Waals surface area (Å²) in [5, 5.41) is 7.89. The van der Waals surface area contributed by atoms with Crippen molar-refractivity contribution in [3.63, 3.8) is 0 Å². The summed E-state index contributed by atoms with van der Waals surface area (Å²) in [6.07, 6.45) is 2.07. The first-order valence-corrected chi connectivity index (χ1v) is 7.71. The fourth-order valence-corrected chi connectivity index (χ4v) is 3.27. The molecule has 2 aromatic carbocycles. The molecule has 3 aromatic rings. The van der Waals surface area contributed by atoms with Gasteiger partial charge in [0.2, 0.25) is 0 Å². The van der Waals surface area contributed by atoms with Crippen molar-refractivity contribution in [1.29, 1.82) is 0 Å². The van der Waals surface area contributed by atoms with Crippen LogP contribution < -0.4 is 11.1 Å². The molecule has 0 fully saturated rings. The van der Waals surface area contributed by atoms with Crippen LogP contribution in [0.1, 0.15) is 5.56 Å².